The van der Waals surface area contributed by atoms with Crippen LogP contribution < -0.4 is 10.9 Å². The zero-order valence-electron chi connectivity index (χ0n) is 16.1. The fourth-order valence-electron chi connectivity index (χ4n) is 2.66. The molecule has 0 bridgehead atoms. The molecule has 0 atom stereocenters. The molecule has 1 amide bonds. The van der Waals surface area contributed by atoms with Gasteiger partial charge in [0.05, 0.1) is 11.7 Å². The molecule has 7 nitrogen and oxygen atoms in total. The summed E-state index contributed by atoms with van der Waals surface area (Å²) < 4.78 is 3.32. The third kappa shape index (κ3) is 4.46. The van der Waals surface area contributed by atoms with E-state index in [9.17, 15) is 9.59 Å². The predicted molar refractivity (Wildman–Crippen MR) is 98.6 cm³/mol. The second kappa shape index (κ2) is 7.37. The quantitative estimate of drug-likeness (QED) is 0.868. The van der Waals surface area contributed by atoms with Crippen molar-refractivity contribution in [2.75, 3.05) is 6.54 Å². The van der Waals surface area contributed by atoms with Gasteiger partial charge in [-0.15, -0.1) is 0 Å². The van der Waals surface area contributed by atoms with Crippen molar-refractivity contribution in [2.45, 2.75) is 66.5 Å². The minimum absolute atomic E-state index is 0.0440. The first-order valence-electron chi connectivity index (χ1n) is 8.83. The molecule has 2 aromatic heterocycles. The van der Waals surface area contributed by atoms with Crippen LogP contribution in [0.15, 0.2) is 11.0 Å². The van der Waals surface area contributed by atoms with Crippen LogP contribution in [0.4, 0.5) is 0 Å². The van der Waals surface area contributed by atoms with Gasteiger partial charge in [0, 0.05) is 19.5 Å². The first-order chi connectivity index (χ1) is 11.6. The van der Waals surface area contributed by atoms with E-state index in [4.69, 9.17) is 0 Å². The molecular formula is C18H29N5O2. The maximum atomic E-state index is 12.7. The first kappa shape index (κ1) is 19.1. The zero-order valence-corrected chi connectivity index (χ0v) is 16.1. The molecule has 0 aliphatic heterocycles. The summed E-state index contributed by atoms with van der Waals surface area (Å²) in [5.74, 6) is 1.10. The number of hydrogen-bond acceptors (Lipinski definition) is 4. The summed E-state index contributed by atoms with van der Waals surface area (Å²) in [4.78, 5) is 29.3. The molecule has 25 heavy (non-hydrogen) atoms. The predicted octanol–water partition coefficient (Wildman–Crippen LogP) is 2.21. The Kier molecular flexibility index (Phi) is 5.65. The number of carbonyl (C=O) groups excluding carboxylic acids is 1. The van der Waals surface area contributed by atoms with E-state index in [2.05, 4.69) is 29.2 Å². The van der Waals surface area contributed by atoms with Gasteiger partial charge in [0.25, 0.3) is 5.56 Å². The van der Waals surface area contributed by atoms with E-state index < -0.39 is 0 Å². The largest absolute Gasteiger partial charge is 0.356 e. The highest BCUT2D eigenvalue weighted by Crippen LogP contribution is 2.18. The molecule has 0 aromatic carbocycles. The van der Waals surface area contributed by atoms with Gasteiger partial charge in [-0.25, -0.2) is 9.67 Å². The molecule has 1 N–H and O–H groups in total. The molecule has 7 heteroatoms. The number of hydrogen-bond donors (Lipinski definition) is 1. The molecule has 2 heterocycles. The SMILES string of the molecule is Cc1nc2c(cnn2C(C)(C)C)c(=O)n1CCC(=O)NCCC(C)C. The zero-order chi connectivity index (χ0) is 18.8. The van der Waals surface area contributed by atoms with Gasteiger partial charge in [-0.3, -0.25) is 14.2 Å². The van der Waals surface area contributed by atoms with Crippen molar-refractivity contribution in [3.63, 3.8) is 0 Å². The number of carbonyl (C=O) groups is 1. The molecular weight excluding hydrogens is 318 g/mol. The van der Waals surface area contributed by atoms with Crippen LogP contribution in [0.25, 0.3) is 11.0 Å². The van der Waals surface area contributed by atoms with E-state index in [1.165, 1.54) is 0 Å². The lowest BCUT2D eigenvalue weighted by Crippen LogP contribution is -2.30. The Morgan fingerprint density at radius 3 is 2.60 bits per heavy atom. The van der Waals surface area contributed by atoms with Gasteiger partial charge >= 0.3 is 0 Å². The third-order valence-corrected chi connectivity index (χ3v) is 4.12. The minimum Gasteiger partial charge on any atom is -0.356 e. The van der Waals surface area contributed by atoms with Crippen LogP contribution in [-0.4, -0.2) is 31.8 Å². The van der Waals surface area contributed by atoms with E-state index in [1.807, 2.05) is 20.8 Å². The number of amides is 1. The lowest BCUT2D eigenvalue weighted by molar-refractivity contribution is -0.121. The molecule has 0 unspecified atom stereocenters. The number of nitrogens with one attached hydrogen (secondary N) is 1. The maximum Gasteiger partial charge on any atom is 0.264 e. The Hall–Kier alpha value is -2.18. The van der Waals surface area contributed by atoms with Crippen molar-refractivity contribution >= 4 is 16.9 Å². The second-order valence-corrected chi connectivity index (χ2v) is 7.86. The van der Waals surface area contributed by atoms with Crippen molar-refractivity contribution in [3.8, 4) is 0 Å². The van der Waals surface area contributed by atoms with Gasteiger partial charge in [-0.2, -0.15) is 5.10 Å². The molecule has 0 spiro atoms. The fraction of sp³-hybridized carbons (Fsp3) is 0.667. The average molecular weight is 347 g/mol. The Morgan fingerprint density at radius 1 is 1.32 bits per heavy atom. The highest BCUT2D eigenvalue weighted by atomic mass is 16.1. The fourth-order valence-corrected chi connectivity index (χ4v) is 2.66. The number of aromatic nitrogens is 4. The second-order valence-electron chi connectivity index (χ2n) is 7.86. The van der Waals surface area contributed by atoms with Gasteiger partial charge < -0.3 is 5.32 Å². The molecule has 138 valence electrons. The Morgan fingerprint density at radius 2 is 2.00 bits per heavy atom. The average Bonchev–Trinajstić information content (AvgIpc) is 2.90. The summed E-state index contributed by atoms with van der Waals surface area (Å²) >= 11 is 0. The Labute approximate surface area is 148 Å². The standard InChI is InChI=1S/C18H29N5O2/c1-12(2)7-9-19-15(24)8-10-22-13(3)21-16-14(17(22)25)11-20-23(16)18(4,5)6/h11-12H,7-10H2,1-6H3,(H,19,24). The van der Waals surface area contributed by atoms with Crippen molar-refractivity contribution in [3.05, 3.63) is 22.4 Å². The van der Waals surface area contributed by atoms with Crippen molar-refractivity contribution in [2.24, 2.45) is 5.92 Å². The van der Waals surface area contributed by atoms with Gasteiger partial charge in [0.1, 0.15) is 11.2 Å². The molecule has 2 rings (SSSR count). The number of nitrogens with zero attached hydrogens (tertiary/aromatic N) is 4. The van der Waals surface area contributed by atoms with Crippen molar-refractivity contribution in [1.29, 1.82) is 0 Å². The molecule has 0 fully saturated rings. The van der Waals surface area contributed by atoms with Crippen LogP contribution in [0.5, 0.6) is 0 Å². The van der Waals surface area contributed by atoms with Crippen molar-refractivity contribution < 1.29 is 4.79 Å². The van der Waals surface area contributed by atoms with E-state index in [0.29, 0.717) is 35.9 Å². The summed E-state index contributed by atoms with van der Waals surface area (Å²) in [5.41, 5.74) is 0.191. The smallest absolute Gasteiger partial charge is 0.264 e. The molecule has 0 aliphatic carbocycles. The van der Waals surface area contributed by atoms with E-state index >= 15 is 0 Å². The summed E-state index contributed by atoms with van der Waals surface area (Å²) in [6.45, 7) is 13.1. The Balaban J connectivity index is 2.17. The summed E-state index contributed by atoms with van der Waals surface area (Å²) in [7, 11) is 0. The van der Waals surface area contributed by atoms with Crippen molar-refractivity contribution in [1.82, 2.24) is 24.6 Å². The van der Waals surface area contributed by atoms with Gasteiger partial charge in [-0.1, -0.05) is 13.8 Å². The minimum atomic E-state index is -0.254. The van der Waals surface area contributed by atoms with E-state index in [0.717, 1.165) is 6.42 Å². The van der Waals surface area contributed by atoms with E-state index in [-0.39, 0.29) is 23.4 Å². The number of rotatable bonds is 6. The number of fused-ring (bicyclic) bond motifs is 1. The molecule has 0 radical (unpaired) electrons. The van der Waals surface area contributed by atoms with E-state index in [1.54, 1.807) is 22.4 Å². The van der Waals surface area contributed by atoms with Crippen LogP contribution in [-0.2, 0) is 16.9 Å². The maximum absolute atomic E-state index is 12.7. The van der Waals surface area contributed by atoms with Crippen LogP contribution >= 0.6 is 0 Å². The topological polar surface area (TPSA) is 81.8 Å². The summed E-state index contributed by atoms with van der Waals surface area (Å²) in [6, 6.07) is 0. The lowest BCUT2D eigenvalue weighted by atomic mass is 10.1. The van der Waals surface area contributed by atoms with Gasteiger partial charge in [-0.05, 0) is 40.0 Å². The third-order valence-electron chi connectivity index (χ3n) is 4.12. The first-order valence-corrected chi connectivity index (χ1v) is 8.83. The van der Waals surface area contributed by atoms with Gasteiger partial charge in [0.2, 0.25) is 5.91 Å². The monoisotopic (exact) mass is 347 g/mol. The van der Waals surface area contributed by atoms with Crippen LogP contribution in [0.3, 0.4) is 0 Å². The molecule has 2 aromatic rings. The highest BCUT2D eigenvalue weighted by molar-refractivity contribution is 5.76. The molecule has 0 saturated carbocycles. The molecule has 0 aliphatic rings. The van der Waals surface area contributed by atoms with Crippen LogP contribution in [0.2, 0.25) is 0 Å². The Bertz CT molecular complexity index is 811. The highest BCUT2D eigenvalue weighted by Gasteiger charge is 2.21. The summed E-state index contributed by atoms with van der Waals surface area (Å²) in [5, 5.41) is 7.70. The molecule has 0 saturated heterocycles. The number of aryl methyl sites for hydroxylation is 1. The lowest BCUT2D eigenvalue weighted by Gasteiger charge is -2.20. The summed E-state index contributed by atoms with van der Waals surface area (Å²) in [6.07, 6.45) is 2.78. The van der Waals surface area contributed by atoms with Crippen LogP contribution in [0.1, 0.15) is 53.3 Å². The van der Waals surface area contributed by atoms with Gasteiger partial charge in [0.15, 0.2) is 5.65 Å². The van der Waals surface area contributed by atoms with Crippen LogP contribution in [0, 0.1) is 12.8 Å². The normalized spacial score (nSPS) is 12.1.